The topological polar surface area (TPSA) is 86.8 Å². The number of rotatable bonds is 11. The molecule has 2 rings (SSSR count). The zero-order valence-electron chi connectivity index (χ0n) is 20.2. The van der Waals surface area contributed by atoms with Crippen molar-refractivity contribution in [1.29, 1.82) is 0 Å². The van der Waals surface area contributed by atoms with Crippen LogP contribution in [0.5, 0.6) is 0 Å². The van der Waals surface area contributed by atoms with E-state index in [4.69, 9.17) is 0 Å². The first kappa shape index (κ1) is 26.4. The third-order valence-corrected chi connectivity index (χ3v) is 6.61. The Balaban J connectivity index is 2.45. The second kappa shape index (κ2) is 11.8. The highest BCUT2D eigenvalue weighted by atomic mass is 32.2. The number of carbonyl (C=O) groups excluding carboxylic acids is 2. The van der Waals surface area contributed by atoms with Crippen molar-refractivity contribution in [3.8, 4) is 0 Å². The molecule has 1 N–H and O–H groups in total. The highest BCUT2D eigenvalue weighted by Gasteiger charge is 2.32. The highest BCUT2D eigenvalue weighted by molar-refractivity contribution is 7.92. The van der Waals surface area contributed by atoms with Gasteiger partial charge in [-0.3, -0.25) is 13.9 Å². The molecule has 2 aromatic rings. The lowest BCUT2D eigenvalue weighted by molar-refractivity contribution is -0.140. The van der Waals surface area contributed by atoms with E-state index in [0.29, 0.717) is 18.7 Å². The fourth-order valence-corrected chi connectivity index (χ4v) is 4.81. The van der Waals surface area contributed by atoms with Gasteiger partial charge in [-0.25, -0.2) is 8.42 Å². The van der Waals surface area contributed by atoms with Crippen molar-refractivity contribution < 1.29 is 18.0 Å². The molecular weight excluding hydrogens is 438 g/mol. The van der Waals surface area contributed by atoms with Crippen LogP contribution in [0.1, 0.15) is 43.4 Å². The molecule has 0 aliphatic rings. The monoisotopic (exact) mass is 473 g/mol. The molecule has 0 spiro atoms. The van der Waals surface area contributed by atoms with Gasteiger partial charge in [0.05, 0.1) is 11.9 Å². The van der Waals surface area contributed by atoms with Crippen molar-refractivity contribution in [2.45, 2.75) is 53.1 Å². The van der Waals surface area contributed by atoms with Crippen LogP contribution < -0.4 is 9.62 Å². The van der Waals surface area contributed by atoms with Crippen molar-refractivity contribution in [3.63, 3.8) is 0 Å². The highest BCUT2D eigenvalue weighted by Crippen LogP contribution is 2.27. The maximum Gasteiger partial charge on any atom is 0.244 e. The molecule has 0 saturated carbocycles. The van der Waals surface area contributed by atoms with E-state index >= 15 is 0 Å². The van der Waals surface area contributed by atoms with Gasteiger partial charge in [0.25, 0.3) is 0 Å². The summed E-state index contributed by atoms with van der Waals surface area (Å²) in [5.74, 6) is -0.660. The molecule has 0 saturated heterocycles. The quantitative estimate of drug-likeness (QED) is 0.542. The van der Waals surface area contributed by atoms with E-state index in [1.807, 2.05) is 76.2 Å². The minimum Gasteiger partial charge on any atom is -0.354 e. The number of aryl methyl sites for hydroxylation is 2. The summed E-state index contributed by atoms with van der Waals surface area (Å²) in [4.78, 5) is 28.0. The number of carbonyl (C=O) groups is 2. The number of amides is 2. The van der Waals surface area contributed by atoms with Crippen LogP contribution in [0.3, 0.4) is 0 Å². The van der Waals surface area contributed by atoms with Gasteiger partial charge in [0.15, 0.2) is 0 Å². The fourth-order valence-electron chi connectivity index (χ4n) is 3.84. The smallest absolute Gasteiger partial charge is 0.244 e. The van der Waals surface area contributed by atoms with Crippen LogP contribution in [0, 0.1) is 13.8 Å². The zero-order valence-corrected chi connectivity index (χ0v) is 21.0. The van der Waals surface area contributed by atoms with Crippen molar-refractivity contribution in [2.24, 2.45) is 0 Å². The van der Waals surface area contributed by atoms with Gasteiger partial charge in [-0.2, -0.15) is 0 Å². The summed E-state index contributed by atoms with van der Waals surface area (Å²) in [5.41, 5.74) is 2.88. The number of benzene rings is 2. The summed E-state index contributed by atoms with van der Waals surface area (Å²) in [7, 11) is -3.75. The lowest BCUT2D eigenvalue weighted by Crippen LogP contribution is -2.52. The Morgan fingerprint density at radius 1 is 0.970 bits per heavy atom. The maximum absolute atomic E-state index is 13.6. The molecule has 0 aromatic heterocycles. The number of anilines is 1. The van der Waals surface area contributed by atoms with Gasteiger partial charge in [0.2, 0.25) is 21.8 Å². The Hall–Kier alpha value is -2.87. The van der Waals surface area contributed by atoms with Gasteiger partial charge in [-0.15, -0.1) is 0 Å². The molecule has 0 aliphatic heterocycles. The molecule has 33 heavy (non-hydrogen) atoms. The molecule has 2 aromatic carbocycles. The number of nitrogens with one attached hydrogen (secondary N) is 1. The molecular formula is C25H35N3O4S. The van der Waals surface area contributed by atoms with Gasteiger partial charge < -0.3 is 10.2 Å². The third kappa shape index (κ3) is 7.05. The van der Waals surface area contributed by atoms with E-state index in [2.05, 4.69) is 5.32 Å². The number of nitrogens with zero attached hydrogens (tertiary/aromatic N) is 2. The Labute approximate surface area is 197 Å². The van der Waals surface area contributed by atoms with E-state index < -0.39 is 22.0 Å². The molecule has 7 nitrogen and oxygen atoms in total. The average molecular weight is 474 g/mol. The Kier molecular flexibility index (Phi) is 9.46. The van der Waals surface area contributed by atoms with E-state index in [-0.39, 0.29) is 19.0 Å². The lowest BCUT2D eigenvalue weighted by Gasteiger charge is -2.33. The normalized spacial score (nSPS) is 12.2. The van der Waals surface area contributed by atoms with Crippen molar-refractivity contribution in [1.82, 2.24) is 10.2 Å². The molecule has 1 atom stereocenters. The molecule has 0 fully saturated rings. The summed E-state index contributed by atoms with van der Waals surface area (Å²) >= 11 is 0. The van der Waals surface area contributed by atoms with Gasteiger partial charge in [-0.05, 0) is 43.4 Å². The fraction of sp³-hybridized carbons (Fsp3) is 0.440. The number of hydrogen-bond acceptors (Lipinski definition) is 4. The first-order chi connectivity index (χ1) is 15.6. The molecule has 180 valence electrons. The molecule has 0 bridgehead atoms. The molecule has 0 unspecified atom stereocenters. The number of hydrogen-bond donors (Lipinski definition) is 1. The number of para-hydroxylation sites is 1. The average Bonchev–Trinajstić information content (AvgIpc) is 2.76. The summed E-state index contributed by atoms with van der Waals surface area (Å²) < 4.78 is 26.6. The molecule has 0 heterocycles. The van der Waals surface area contributed by atoms with Crippen LogP contribution in [0.15, 0.2) is 48.5 Å². The largest absolute Gasteiger partial charge is 0.354 e. The SMILES string of the molecule is CCCNC(=O)[C@H](CC)N(Cc1ccccc1)C(=O)CN(c1c(C)cccc1C)S(C)(=O)=O. The first-order valence-corrected chi connectivity index (χ1v) is 13.1. The minimum atomic E-state index is -3.75. The molecule has 0 radical (unpaired) electrons. The zero-order chi connectivity index (χ0) is 24.6. The Morgan fingerprint density at radius 2 is 1.58 bits per heavy atom. The van der Waals surface area contributed by atoms with Crippen LogP contribution in [-0.2, 0) is 26.2 Å². The van der Waals surface area contributed by atoms with Crippen molar-refractivity contribution in [2.75, 3.05) is 23.7 Å². The summed E-state index contributed by atoms with van der Waals surface area (Å²) in [5, 5.41) is 2.87. The van der Waals surface area contributed by atoms with Gasteiger partial charge >= 0.3 is 0 Å². The van der Waals surface area contributed by atoms with E-state index in [9.17, 15) is 18.0 Å². The van der Waals surface area contributed by atoms with Crippen LogP contribution in [0.4, 0.5) is 5.69 Å². The predicted octanol–water partition coefficient (Wildman–Crippen LogP) is 3.40. The Bertz CT molecular complexity index is 1030. The van der Waals surface area contributed by atoms with E-state index in [0.717, 1.165) is 33.7 Å². The first-order valence-electron chi connectivity index (χ1n) is 11.2. The summed E-state index contributed by atoms with van der Waals surface area (Å²) in [6, 6.07) is 14.2. The summed E-state index contributed by atoms with van der Waals surface area (Å²) in [6.45, 7) is 7.79. The second-order valence-electron chi connectivity index (χ2n) is 8.23. The van der Waals surface area contributed by atoms with Crippen LogP contribution in [0.25, 0.3) is 0 Å². The van der Waals surface area contributed by atoms with E-state index in [1.165, 1.54) is 4.90 Å². The predicted molar refractivity (Wildman–Crippen MR) is 132 cm³/mol. The Morgan fingerprint density at radius 3 is 2.09 bits per heavy atom. The second-order valence-corrected chi connectivity index (χ2v) is 10.1. The van der Waals surface area contributed by atoms with Crippen LogP contribution in [-0.4, -0.2) is 50.5 Å². The van der Waals surface area contributed by atoms with Crippen molar-refractivity contribution in [3.05, 3.63) is 65.2 Å². The van der Waals surface area contributed by atoms with E-state index in [1.54, 1.807) is 0 Å². The standard InChI is InChI=1S/C25H35N3O4S/c1-6-16-26-25(30)22(7-2)27(17-21-14-9-8-10-15-21)23(29)18-28(33(5,31)32)24-19(3)12-11-13-20(24)4/h8-15,22H,6-7,16-18H2,1-5H3,(H,26,30)/t22-/m0/s1. The van der Waals surface area contributed by atoms with Crippen LogP contribution >= 0.6 is 0 Å². The molecule has 0 aliphatic carbocycles. The summed E-state index contributed by atoms with van der Waals surface area (Å²) in [6.07, 6.45) is 2.29. The maximum atomic E-state index is 13.6. The molecule has 8 heteroatoms. The lowest BCUT2D eigenvalue weighted by atomic mass is 10.1. The molecule has 2 amide bonds. The minimum absolute atomic E-state index is 0.210. The van der Waals surface area contributed by atoms with Gasteiger partial charge in [0.1, 0.15) is 12.6 Å². The third-order valence-electron chi connectivity index (χ3n) is 5.50. The van der Waals surface area contributed by atoms with Gasteiger partial charge in [0, 0.05) is 13.1 Å². The van der Waals surface area contributed by atoms with Gasteiger partial charge in [-0.1, -0.05) is 62.4 Å². The van der Waals surface area contributed by atoms with Crippen LogP contribution in [0.2, 0.25) is 0 Å². The van der Waals surface area contributed by atoms with Crippen molar-refractivity contribution >= 4 is 27.5 Å². The number of sulfonamides is 1.